The molecular weight excluding hydrogens is 115 g/mol. The molecule has 0 spiro atoms. The first-order valence-electron chi connectivity index (χ1n) is 1.74. The highest BCUT2D eigenvalue weighted by Crippen LogP contribution is 2.14. The molecule has 3 N–H and O–H groups in total. The van der Waals surface area contributed by atoms with E-state index >= 15 is 0 Å². The van der Waals surface area contributed by atoms with Crippen molar-refractivity contribution in [2.45, 2.75) is 0 Å². The smallest absolute Gasteiger partial charge is 0.265 e. The van der Waals surface area contributed by atoms with Gasteiger partial charge >= 0.3 is 0 Å². The molecule has 0 amide bonds. The van der Waals surface area contributed by atoms with Crippen molar-refractivity contribution in [2.24, 2.45) is 0 Å². The van der Waals surface area contributed by atoms with Gasteiger partial charge in [0, 0.05) is 14.1 Å². The standard InChI is InChI=1S/C2H9N2O2P/c1-4(2)3-7(5)6/h3,5-6H,1-2H3. The highest BCUT2D eigenvalue weighted by atomic mass is 31.2. The molecular formula is C2H9N2O2P. The second-order valence-electron chi connectivity index (χ2n) is 1.28. The summed E-state index contributed by atoms with van der Waals surface area (Å²) in [7, 11) is 1.40. The number of nitrogens with zero attached hydrogens (tertiary/aromatic N) is 1. The van der Waals surface area contributed by atoms with E-state index in [0.717, 1.165) is 0 Å². The second-order valence-corrected chi connectivity index (χ2v) is 2.06. The van der Waals surface area contributed by atoms with Crippen LogP contribution >= 0.6 is 8.53 Å². The van der Waals surface area contributed by atoms with Crippen LogP contribution in [-0.4, -0.2) is 28.9 Å². The lowest BCUT2D eigenvalue weighted by Crippen LogP contribution is -2.24. The molecule has 0 bridgehead atoms. The van der Waals surface area contributed by atoms with E-state index in [9.17, 15) is 0 Å². The topological polar surface area (TPSA) is 55.7 Å². The van der Waals surface area contributed by atoms with Crippen molar-refractivity contribution in [2.75, 3.05) is 14.1 Å². The zero-order valence-electron chi connectivity index (χ0n) is 4.29. The van der Waals surface area contributed by atoms with Crippen LogP contribution in [0.4, 0.5) is 0 Å². The predicted octanol–water partition coefficient (Wildman–Crippen LogP) is -0.736. The van der Waals surface area contributed by atoms with Crippen molar-refractivity contribution >= 4 is 8.53 Å². The monoisotopic (exact) mass is 124 g/mol. The van der Waals surface area contributed by atoms with E-state index < -0.39 is 8.53 Å². The van der Waals surface area contributed by atoms with Crippen LogP contribution < -0.4 is 5.20 Å². The van der Waals surface area contributed by atoms with Gasteiger partial charge in [0.1, 0.15) is 0 Å². The molecule has 7 heavy (non-hydrogen) atoms. The van der Waals surface area contributed by atoms with Gasteiger partial charge in [0.25, 0.3) is 8.53 Å². The maximum atomic E-state index is 8.19. The Morgan fingerprint density at radius 3 is 1.86 bits per heavy atom. The van der Waals surface area contributed by atoms with Crippen LogP contribution in [0.5, 0.6) is 0 Å². The number of rotatable bonds is 2. The van der Waals surface area contributed by atoms with Gasteiger partial charge in [-0.05, 0) is 0 Å². The summed E-state index contributed by atoms with van der Waals surface area (Å²) >= 11 is 0. The summed E-state index contributed by atoms with van der Waals surface area (Å²) in [5.41, 5.74) is 0. The fraction of sp³-hybridized carbons (Fsp3) is 1.00. The van der Waals surface area contributed by atoms with Crippen LogP contribution in [0, 0.1) is 0 Å². The highest BCUT2D eigenvalue weighted by Gasteiger charge is 1.94. The fourth-order valence-corrected chi connectivity index (χ4v) is 0.537. The molecule has 44 valence electrons. The molecule has 0 aliphatic heterocycles. The van der Waals surface area contributed by atoms with Crippen LogP contribution in [0.3, 0.4) is 0 Å². The van der Waals surface area contributed by atoms with Gasteiger partial charge in [-0.3, -0.25) is 0 Å². The second kappa shape index (κ2) is 3.29. The van der Waals surface area contributed by atoms with Gasteiger partial charge in [-0.25, -0.2) is 5.01 Å². The van der Waals surface area contributed by atoms with Gasteiger partial charge in [0.15, 0.2) is 0 Å². The lowest BCUT2D eigenvalue weighted by atomic mass is 11.2. The van der Waals surface area contributed by atoms with Crippen molar-refractivity contribution in [3.05, 3.63) is 0 Å². The third-order valence-corrected chi connectivity index (χ3v) is 0.868. The Bertz CT molecular complexity index is 43.0. The quantitative estimate of drug-likeness (QED) is 0.335. The number of nitrogens with one attached hydrogen (secondary N) is 1. The van der Waals surface area contributed by atoms with E-state index in [4.69, 9.17) is 9.79 Å². The third kappa shape index (κ3) is 6.27. The molecule has 0 aliphatic rings. The van der Waals surface area contributed by atoms with Crippen molar-refractivity contribution < 1.29 is 9.79 Å². The molecule has 5 heteroatoms. The fourth-order valence-electron chi connectivity index (χ4n) is 0.179. The Balaban J connectivity index is 2.95. The molecule has 0 unspecified atom stereocenters. The molecule has 0 aliphatic carbocycles. The summed E-state index contributed by atoms with van der Waals surface area (Å²) in [5, 5.41) is 3.79. The van der Waals surface area contributed by atoms with E-state index in [0.29, 0.717) is 0 Å². The Labute approximate surface area is 43.7 Å². The minimum atomic E-state index is -1.96. The summed E-state index contributed by atoms with van der Waals surface area (Å²) in [6.07, 6.45) is 0. The number of hydrogen-bond acceptors (Lipinski definition) is 4. The third-order valence-electron chi connectivity index (χ3n) is 0.289. The Morgan fingerprint density at radius 1 is 1.43 bits per heavy atom. The average molecular weight is 124 g/mol. The highest BCUT2D eigenvalue weighted by molar-refractivity contribution is 7.42. The number of hydrazine groups is 1. The summed E-state index contributed by atoms with van der Waals surface area (Å²) < 4.78 is 0. The lowest BCUT2D eigenvalue weighted by molar-refractivity contribution is 0.329. The summed E-state index contributed by atoms with van der Waals surface area (Å²) in [4.78, 5) is 16.4. The molecule has 0 rings (SSSR count). The Hall–Kier alpha value is 0.270. The summed E-state index contributed by atoms with van der Waals surface area (Å²) in [6, 6.07) is 0. The molecule has 0 atom stereocenters. The summed E-state index contributed by atoms with van der Waals surface area (Å²) in [5.74, 6) is 0. The molecule has 0 aromatic rings. The maximum Gasteiger partial charge on any atom is 0.265 e. The van der Waals surface area contributed by atoms with E-state index in [1.807, 2.05) is 0 Å². The van der Waals surface area contributed by atoms with E-state index in [2.05, 4.69) is 5.20 Å². The normalized spacial score (nSPS) is 11.1. The summed E-state index contributed by atoms with van der Waals surface area (Å²) in [6.45, 7) is 0. The molecule has 0 aromatic carbocycles. The van der Waals surface area contributed by atoms with E-state index in [1.165, 1.54) is 5.01 Å². The molecule has 0 aromatic heterocycles. The maximum absolute atomic E-state index is 8.19. The van der Waals surface area contributed by atoms with Crippen LogP contribution in [0.15, 0.2) is 0 Å². The minimum Gasteiger partial charge on any atom is -0.337 e. The van der Waals surface area contributed by atoms with E-state index in [-0.39, 0.29) is 0 Å². The van der Waals surface area contributed by atoms with Crippen LogP contribution in [0.25, 0.3) is 0 Å². The van der Waals surface area contributed by atoms with Crippen LogP contribution in [-0.2, 0) is 0 Å². The first kappa shape index (κ1) is 7.27. The largest absolute Gasteiger partial charge is 0.337 e. The van der Waals surface area contributed by atoms with Gasteiger partial charge in [-0.15, -0.1) is 0 Å². The lowest BCUT2D eigenvalue weighted by Gasteiger charge is -2.10. The SMILES string of the molecule is CN(C)NP(O)O. The molecule has 0 heterocycles. The first-order chi connectivity index (χ1) is 3.13. The van der Waals surface area contributed by atoms with Gasteiger partial charge in [-0.1, -0.05) is 0 Å². The van der Waals surface area contributed by atoms with E-state index in [1.54, 1.807) is 14.1 Å². The van der Waals surface area contributed by atoms with Crippen LogP contribution in [0.2, 0.25) is 0 Å². The number of hydrogen-bond donors (Lipinski definition) is 3. The van der Waals surface area contributed by atoms with Gasteiger partial charge in [0.05, 0.1) is 0 Å². The predicted molar refractivity (Wildman–Crippen MR) is 28.2 cm³/mol. The zero-order valence-corrected chi connectivity index (χ0v) is 5.18. The Kier molecular flexibility index (Phi) is 3.42. The molecule has 0 saturated heterocycles. The van der Waals surface area contributed by atoms with Gasteiger partial charge < -0.3 is 9.79 Å². The van der Waals surface area contributed by atoms with Crippen molar-refractivity contribution in [1.29, 1.82) is 0 Å². The molecule has 0 fully saturated rings. The van der Waals surface area contributed by atoms with Crippen molar-refractivity contribution in [3.8, 4) is 0 Å². The zero-order chi connectivity index (χ0) is 5.86. The first-order valence-corrected chi connectivity index (χ1v) is 2.99. The Morgan fingerprint density at radius 2 is 1.86 bits per heavy atom. The molecule has 0 saturated carbocycles. The minimum absolute atomic E-state index is 1.48. The van der Waals surface area contributed by atoms with Crippen LogP contribution in [0.1, 0.15) is 0 Å². The molecule has 4 nitrogen and oxygen atoms in total. The van der Waals surface area contributed by atoms with Gasteiger partial charge in [-0.2, -0.15) is 5.20 Å². The van der Waals surface area contributed by atoms with Crippen molar-refractivity contribution in [1.82, 2.24) is 10.2 Å². The molecule has 0 radical (unpaired) electrons. The van der Waals surface area contributed by atoms with Gasteiger partial charge in [0.2, 0.25) is 0 Å². The van der Waals surface area contributed by atoms with Crippen molar-refractivity contribution in [3.63, 3.8) is 0 Å². The average Bonchev–Trinajstić information content (AvgIpc) is 1.27.